The number of para-hydroxylation sites is 1. The van der Waals surface area contributed by atoms with Gasteiger partial charge in [0.1, 0.15) is 5.75 Å². The Morgan fingerprint density at radius 3 is 2.35 bits per heavy atom. The number of amides is 1. The van der Waals surface area contributed by atoms with Gasteiger partial charge in [-0.15, -0.1) is 0 Å². The molecule has 1 amide bonds. The van der Waals surface area contributed by atoms with Crippen LogP contribution in [0, 0.1) is 13.8 Å². The molecule has 2 atom stereocenters. The minimum Gasteiger partial charge on any atom is -0.484 e. The number of carbonyl (C=O) groups is 1. The third-order valence-corrected chi connectivity index (χ3v) is 8.36. The van der Waals surface area contributed by atoms with Gasteiger partial charge in [-0.2, -0.15) is 0 Å². The number of aromatic nitrogens is 2. The number of ether oxygens (including phenoxy) is 1. The third-order valence-electron chi connectivity index (χ3n) is 7.51. The van der Waals surface area contributed by atoms with Crippen LogP contribution in [0.2, 0.25) is 0 Å². The number of aryl methyl sites for hydroxylation is 1. The molecule has 3 aromatic carbocycles. The van der Waals surface area contributed by atoms with E-state index in [9.17, 15) is 4.79 Å². The number of benzene rings is 3. The summed E-state index contributed by atoms with van der Waals surface area (Å²) in [4.78, 5) is 19.4. The van der Waals surface area contributed by atoms with Gasteiger partial charge in [0.05, 0.1) is 17.8 Å². The Kier molecular flexibility index (Phi) is 8.26. The van der Waals surface area contributed by atoms with E-state index >= 15 is 0 Å². The van der Waals surface area contributed by atoms with Gasteiger partial charge in [0, 0.05) is 39.1 Å². The Balaban J connectivity index is 1.30. The standard InChI is InChI=1S/C34H30BrN5O2S/c1-22-20-29(23(2)39(22)26-15-11-24(35)12-16-26)33-32(30-10-6-7-19-36-30)38-34(43)40(33)27-17-13-25(14-18-27)37-31(41)21-42-28-8-4-3-5-9-28/h3-20,32-33H,21H2,1-2H3,(H,37,41)(H,38,43)/t32-,33+/m0/s1. The Hall–Kier alpha value is -4.47. The van der Waals surface area contributed by atoms with Gasteiger partial charge in [-0.25, -0.2) is 0 Å². The van der Waals surface area contributed by atoms with E-state index in [1.807, 2.05) is 79.0 Å². The zero-order chi connectivity index (χ0) is 29.9. The van der Waals surface area contributed by atoms with Gasteiger partial charge >= 0.3 is 0 Å². The van der Waals surface area contributed by atoms with E-state index in [-0.39, 0.29) is 24.6 Å². The van der Waals surface area contributed by atoms with E-state index < -0.39 is 0 Å². The molecular weight excluding hydrogens is 622 g/mol. The second-order valence-electron chi connectivity index (χ2n) is 10.3. The van der Waals surface area contributed by atoms with Gasteiger partial charge in [0.25, 0.3) is 5.91 Å². The van der Waals surface area contributed by atoms with Crippen molar-refractivity contribution in [2.75, 3.05) is 16.8 Å². The SMILES string of the molecule is Cc1cc([C@@H]2[C@H](c3ccccn3)NC(=S)N2c2ccc(NC(=O)COc3ccccc3)cc2)c(C)n1-c1ccc(Br)cc1. The van der Waals surface area contributed by atoms with Crippen LogP contribution in [0.5, 0.6) is 5.75 Å². The number of rotatable bonds is 8. The number of nitrogens with zero attached hydrogens (tertiary/aromatic N) is 3. The molecule has 2 N–H and O–H groups in total. The molecule has 0 bridgehead atoms. The summed E-state index contributed by atoms with van der Waals surface area (Å²) in [6.45, 7) is 4.20. The van der Waals surface area contributed by atoms with Gasteiger partial charge in [-0.1, -0.05) is 40.2 Å². The first-order valence-electron chi connectivity index (χ1n) is 13.9. The maximum Gasteiger partial charge on any atom is 0.262 e. The molecule has 0 radical (unpaired) electrons. The first-order valence-corrected chi connectivity index (χ1v) is 15.1. The molecule has 9 heteroatoms. The molecule has 3 heterocycles. The third kappa shape index (κ3) is 6.04. The molecule has 0 spiro atoms. The molecule has 1 aliphatic heterocycles. The lowest BCUT2D eigenvalue weighted by Gasteiger charge is -2.28. The summed E-state index contributed by atoms with van der Waals surface area (Å²) >= 11 is 9.49. The van der Waals surface area contributed by atoms with E-state index in [1.54, 1.807) is 0 Å². The van der Waals surface area contributed by atoms with Crippen LogP contribution in [0.3, 0.4) is 0 Å². The number of hydrogen-bond donors (Lipinski definition) is 2. The Labute approximate surface area is 264 Å². The molecule has 43 heavy (non-hydrogen) atoms. The fraction of sp³-hybridized carbons (Fsp3) is 0.147. The molecule has 2 aromatic heterocycles. The Morgan fingerprint density at radius 1 is 0.953 bits per heavy atom. The molecule has 6 rings (SSSR count). The van der Waals surface area contributed by atoms with Gasteiger partial charge in [-0.3, -0.25) is 9.78 Å². The summed E-state index contributed by atoms with van der Waals surface area (Å²) in [5.41, 5.74) is 7.00. The zero-order valence-corrected chi connectivity index (χ0v) is 26.1. The highest BCUT2D eigenvalue weighted by Crippen LogP contribution is 2.44. The van der Waals surface area contributed by atoms with Crippen molar-refractivity contribution >= 4 is 50.5 Å². The second kappa shape index (κ2) is 12.4. The zero-order valence-electron chi connectivity index (χ0n) is 23.7. The van der Waals surface area contributed by atoms with Crippen LogP contribution in [0.25, 0.3) is 5.69 Å². The predicted molar refractivity (Wildman–Crippen MR) is 178 cm³/mol. The maximum atomic E-state index is 12.5. The number of pyridine rings is 1. The van der Waals surface area contributed by atoms with Crippen molar-refractivity contribution in [2.24, 2.45) is 0 Å². The maximum absolute atomic E-state index is 12.5. The molecule has 0 unspecified atom stereocenters. The summed E-state index contributed by atoms with van der Waals surface area (Å²) in [6.07, 6.45) is 1.81. The molecule has 7 nitrogen and oxygen atoms in total. The first-order chi connectivity index (χ1) is 20.9. The van der Waals surface area contributed by atoms with Crippen LogP contribution in [0.1, 0.15) is 34.7 Å². The Morgan fingerprint density at radius 2 is 1.65 bits per heavy atom. The summed E-state index contributed by atoms with van der Waals surface area (Å²) < 4.78 is 8.89. The minimum absolute atomic E-state index is 0.0757. The molecule has 0 aliphatic carbocycles. The van der Waals surface area contributed by atoms with E-state index in [4.69, 9.17) is 21.9 Å². The second-order valence-corrected chi connectivity index (χ2v) is 11.6. The number of anilines is 2. The molecular formula is C34H30BrN5O2S. The van der Waals surface area contributed by atoms with E-state index in [0.717, 1.165) is 38.5 Å². The van der Waals surface area contributed by atoms with Crippen LogP contribution in [-0.4, -0.2) is 27.2 Å². The first kappa shape index (κ1) is 28.6. The lowest BCUT2D eigenvalue weighted by atomic mass is 9.96. The average Bonchev–Trinajstić information content (AvgIpc) is 3.52. The highest BCUT2D eigenvalue weighted by molar-refractivity contribution is 9.10. The quantitative estimate of drug-likeness (QED) is 0.170. The molecule has 1 aliphatic rings. The highest BCUT2D eigenvalue weighted by atomic mass is 79.9. The van der Waals surface area contributed by atoms with Gasteiger partial charge in [0.15, 0.2) is 11.7 Å². The van der Waals surface area contributed by atoms with E-state index in [2.05, 4.69) is 80.2 Å². The minimum atomic E-state index is -0.233. The van der Waals surface area contributed by atoms with Crippen LogP contribution < -0.4 is 20.3 Å². The average molecular weight is 653 g/mol. The summed E-state index contributed by atoms with van der Waals surface area (Å²) in [5.74, 6) is 0.416. The lowest BCUT2D eigenvalue weighted by Crippen LogP contribution is -2.29. The molecule has 216 valence electrons. The smallest absolute Gasteiger partial charge is 0.262 e. The molecule has 1 saturated heterocycles. The van der Waals surface area contributed by atoms with Crippen molar-refractivity contribution in [3.63, 3.8) is 0 Å². The summed E-state index contributed by atoms with van der Waals surface area (Å²) in [6, 6.07) is 33.2. The fourth-order valence-electron chi connectivity index (χ4n) is 5.59. The van der Waals surface area contributed by atoms with Crippen molar-refractivity contribution in [1.82, 2.24) is 14.9 Å². The largest absolute Gasteiger partial charge is 0.484 e. The van der Waals surface area contributed by atoms with Crippen molar-refractivity contribution in [3.8, 4) is 11.4 Å². The predicted octanol–water partition coefficient (Wildman–Crippen LogP) is 7.45. The van der Waals surface area contributed by atoms with Crippen molar-refractivity contribution in [1.29, 1.82) is 0 Å². The molecule has 0 saturated carbocycles. The summed E-state index contributed by atoms with van der Waals surface area (Å²) in [7, 11) is 0. The fourth-order valence-corrected chi connectivity index (χ4v) is 6.20. The van der Waals surface area contributed by atoms with Gasteiger partial charge < -0.3 is 24.8 Å². The van der Waals surface area contributed by atoms with Crippen LogP contribution in [0.15, 0.2) is 114 Å². The topological polar surface area (TPSA) is 71.4 Å². The lowest BCUT2D eigenvalue weighted by molar-refractivity contribution is -0.118. The number of halogens is 1. The van der Waals surface area contributed by atoms with Crippen LogP contribution in [-0.2, 0) is 4.79 Å². The van der Waals surface area contributed by atoms with Crippen molar-refractivity contribution in [3.05, 3.63) is 136 Å². The van der Waals surface area contributed by atoms with Gasteiger partial charge in [-0.05, 0) is 110 Å². The van der Waals surface area contributed by atoms with Crippen molar-refractivity contribution < 1.29 is 9.53 Å². The van der Waals surface area contributed by atoms with Crippen LogP contribution in [0.4, 0.5) is 11.4 Å². The van der Waals surface area contributed by atoms with E-state index in [0.29, 0.717) is 16.5 Å². The Bertz CT molecular complexity index is 1740. The normalized spacial score (nSPS) is 16.2. The number of thiocarbonyl (C=S) groups is 1. The van der Waals surface area contributed by atoms with Crippen LogP contribution >= 0.6 is 28.1 Å². The monoisotopic (exact) mass is 651 g/mol. The molecule has 5 aromatic rings. The number of nitrogens with one attached hydrogen (secondary N) is 2. The summed E-state index contributed by atoms with van der Waals surface area (Å²) in [5, 5.41) is 7.07. The number of hydrogen-bond acceptors (Lipinski definition) is 4. The van der Waals surface area contributed by atoms with Crippen molar-refractivity contribution in [2.45, 2.75) is 25.9 Å². The molecule has 1 fully saturated rings. The van der Waals surface area contributed by atoms with Gasteiger partial charge in [0.2, 0.25) is 0 Å². The van der Waals surface area contributed by atoms with E-state index in [1.165, 1.54) is 0 Å². The number of carbonyl (C=O) groups excluding carboxylic acids is 1. The highest BCUT2D eigenvalue weighted by Gasteiger charge is 2.42.